The van der Waals surface area contributed by atoms with Gasteiger partial charge >= 0.3 is 6.03 Å². The molecule has 4 heteroatoms. The first-order valence-corrected chi connectivity index (χ1v) is 8.51. The zero-order chi connectivity index (χ0) is 15.5. The van der Waals surface area contributed by atoms with Gasteiger partial charge in [-0.15, -0.1) is 0 Å². The van der Waals surface area contributed by atoms with Gasteiger partial charge in [0.15, 0.2) is 0 Å². The highest BCUT2D eigenvalue weighted by molar-refractivity contribution is 5.90. The Morgan fingerprint density at radius 1 is 1.05 bits per heavy atom. The van der Waals surface area contributed by atoms with Crippen LogP contribution in [-0.4, -0.2) is 48.1 Å². The molecule has 4 nitrogen and oxygen atoms in total. The van der Waals surface area contributed by atoms with E-state index in [4.69, 9.17) is 0 Å². The number of benzene rings is 1. The summed E-state index contributed by atoms with van der Waals surface area (Å²) < 4.78 is 0. The number of anilines is 1. The van der Waals surface area contributed by atoms with Crippen molar-refractivity contribution < 1.29 is 4.79 Å². The maximum absolute atomic E-state index is 12.3. The summed E-state index contributed by atoms with van der Waals surface area (Å²) in [4.78, 5) is 16.8. The number of carbonyl (C=O) groups excluding carboxylic acids is 1. The Morgan fingerprint density at radius 3 is 2.36 bits per heavy atom. The van der Waals surface area contributed by atoms with Crippen molar-refractivity contribution in [1.29, 1.82) is 0 Å². The van der Waals surface area contributed by atoms with Gasteiger partial charge in [-0.25, -0.2) is 4.79 Å². The van der Waals surface area contributed by atoms with Gasteiger partial charge in [-0.3, -0.25) is 4.90 Å². The summed E-state index contributed by atoms with van der Waals surface area (Å²) in [6, 6.07) is 6.69. The van der Waals surface area contributed by atoms with E-state index < -0.39 is 0 Å². The quantitative estimate of drug-likeness (QED) is 0.909. The Bertz CT molecular complexity index is 529. The molecule has 3 rings (SSSR count). The number of hydrogen-bond acceptors (Lipinski definition) is 2. The Balaban J connectivity index is 1.49. The van der Waals surface area contributed by atoms with Crippen LogP contribution in [-0.2, 0) is 0 Å². The Kier molecular flexibility index (Phi) is 4.67. The number of aryl methyl sites for hydroxylation is 2. The van der Waals surface area contributed by atoms with Crippen LogP contribution in [0.2, 0.25) is 0 Å². The molecule has 0 saturated carbocycles. The summed E-state index contributed by atoms with van der Waals surface area (Å²) in [5, 5.41) is 3.02. The van der Waals surface area contributed by atoms with E-state index in [2.05, 4.69) is 30.1 Å². The minimum atomic E-state index is 0.0364. The molecule has 0 spiro atoms. The summed E-state index contributed by atoms with van der Waals surface area (Å²) in [6.07, 6.45) is 5.34. The molecule has 1 aromatic rings. The monoisotopic (exact) mass is 301 g/mol. The molecule has 22 heavy (non-hydrogen) atoms. The van der Waals surface area contributed by atoms with Crippen molar-refractivity contribution in [1.82, 2.24) is 9.80 Å². The first-order chi connectivity index (χ1) is 10.6. The van der Waals surface area contributed by atoms with E-state index >= 15 is 0 Å². The second kappa shape index (κ2) is 6.69. The van der Waals surface area contributed by atoms with E-state index in [1.165, 1.54) is 49.9 Å². The van der Waals surface area contributed by atoms with Crippen LogP contribution < -0.4 is 5.32 Å². The Labute approximate surface area is 133 Å². The van der Waals surface area contributed by atoms with Gasteiger partial charge in [0.25, 0.3) is 0 Å². The summed E-state index contributed by atoms with van der Waals surface area (Å²) in [5.41, 5.74) is 3.36. The third-order valence-corrected chi connectivity index (χ3v) is 5.06. The van der Waals surface area contributed by atoms with E-state index in [1.807, 2.05) is 17.0 Å². The number of carbonyl (C=O) groups is 1. The lowest BCUT2D eigenvalue weighted by Gasteiger charge is -2.45. The zero-order valence-electron chi connectivity index (χ0n) is 13.8. The molecule has 0 radical (unpaired) electrons. The number of amides is 2. The topological polar surface area (TPSA) is 35.6 Å². The fraction of sp³-hybridized carbons (Fsp3) is 0.611. The van der Waals surface area contributed by atoms with Crippen molar-refractivity contribution in [2.45, 2.75) is 45.6 Å². The fourth-order valence-corrected chi connectivity index (χ4v) is 3.33. The van der Waals surface area contributed by atoms with Crippen LogP contribution in [0.5, 0.6) is 0 Å². The molecule has 0 atom stereocenters. The predicted molar refractivity (Wildman–Crippen MR) is 90.3 cm³/mol. The molecule has 2 amide bonds. The highest BCUT2D eigenvalue weighted by atomic mass is 16.2. The van der Waals surface area contributed by atoms with Gasteiger partial charge in [0, 0.05) is 24.8 Å². The van der Waals surface area contributed by atoms with Crippen LogP contribution in [0.25, 0.3) is 0 Å². The van der Waals surface area contributed by atoms with Crippen LogP contribution in [0.1, 0.15) is 36.8 Å². The van der Waals surface area contributed by atoms with Gasteiger partial charge in [0.1, 0.15) is 0 Å². The number of urea groups is 1. The van der Waals surface area contributed by atoms with Crippen LogP contribution in [0.15, 0.2) is 18.2 Å². The minimum absolute atomic E-state index is 0.0364. The fourth-order valence-electron chi connectivity index (χ4n) is 3.33. The number of hydrogen-bond donors (Lipinski definition) is 1. The first-order valence-electron chi connectivity index (χ1n) is 8.51. The van der Waals surface area contributed by atoms with E-state index in [-0.39, 0.29) is 6.03 Å². The lowest BCUT2D eigenvalue weighted by atomic mass is 10.1. The van der Waals surface area contributed by atoms with Crippen molar-refractivity contribution >= 4 is 11.7 Å². The van der Waals surface area contributed by atoms with Crippen LogP contribution in [0.4, 0.5) is 10.5 Å². The molecule has 1 aromatic carbocycles. The Hall–Kier alpha value is -1.55. The number of nitrogens with one attached hydrogen (secondary N) is 1. The van der Waals surface area contributed by atoms with Crippen molar-refractivity contribution in [2.75, 3.05) is 31.5 Å². The van der Waals surface area contributed by atoms with Gasteiger partial charge in [-0.1, -0.05) is 18.9 Å². The lowest BCUT2D eigenvalue weighted by molar-refractivity contribution is 0.0638. The van der Waals surface area contributed by atoms with E-state index in [9.17, 15) is 4.79 Å². The SMILES string of the molecule is Cc1ccc(NC(=O)N2CC(N3CCCCCC3)C2)cc1C. The third-order valence-electron chi connectivity index (χ3n) is 5.06. The summed E-state index contributed by atoms with van der Waals surface area (Å²) >= 11 is 0. The highest BCUT2D eigenvalue weighted by Crippen LogP contribution is 2.21. The number of nitrogens with zero attached hydrogens (tertiary/aromatic N) is 2. The summed E-state index contributed by atoms with van der Waals surface area (Å²) in [5.74, 6) is 0. The smallest absolute Gasteiger partial charge is 0.321 e. The lowest BCUT2D eigenvalue weighted by Crippen LogP contribution is -2.62. The average Bonchev–Trinajstić information content (AvgIpc) is 2.70. The van der Waals surface area contributed by atoms with Crippen molar-refractivity contribution in [3.8, 4) is 0 Å². The second-order valence-electron chi connectivity index (χ2n) is 6.74. The zero-order valence-corrected chi connectivity index (χ0v) is 13.8. The van der Waals surface area contributed by atoms with Gasteiger partial charge in [-0.2, -0.15) is 0 Å². The Morgan fingerprint density at radius 2 is 1.73 bits per heavy atom. The molecule has 0 aliphatic carbocycles. The predicted octanol–water partition coefficient (Wildman–Crippen LogP) is 3.40. The molecule has 2 fully saturated rings. The maximum Gasteiger partial charge on any atom is 0.321 e. The summed E-state index contributed by atoms with van der Waals surface area (Å²) in [7, 11) is 0. The standard InChI is InChI=1S/C18H27N3O/c1-14-7-8-16(11-15(14)2)19-18(22)21-12-17(13-21)20-9-5-3-4-6-10-20/h7-8,11,17H,3-6,9-10,12-13H2,1-2H3,(H,19,22). The number of likely N-dealkylation sites (tertiary alicyclic amines) is 2. The van der Waals surface area contributed by atoms with Crippen molar-refractivity contribution in [2.24, 2.45) is 0 Å². The van der Waals surface area contributed by atoms with Gasteiger partial charge in [-0.05, 0) is 63.0 Å². The van der Waals surface area contributed by atoms with Crippen LogP contribution >= 0.6 is 0 Å². The van der Waals surface area contributed by atoms with E-state index in [1.54, 1.807) is 0 Å². The largest absolute Gasteiger partial charge is 0.321 e. The molecular weight excluding hydrogens is 274 g/mol. The summed E-state index contributed by atoms with van der Waals surface area (Å²) in [6.45, 7) is 8.31. The van der Waals surface area contributed by atoms with Crippen LogP contribution in [0, 0.1) is 13.8 Å². The molecule has 2 aliphatic rings. The van der Waals surface area contributed by atoms with Crippen molar-refractivity contribution in [3.63, 3.8) is 0 Å². The molecule has 1 N–H and O–H groups in total. The van der Waals surface area contributed by atoms with Crippen molar-refractivity contribution in [3.05, 3.63) is 29.3 Å². The van der Waals surface area contributed by atoms with E-state index in [0.717, 1.165) is 18.8 Å². The normalized spacial score (nSPS) is 20.4. The number of rotatable bonds is 2. The molecule has 2 saturated heterocycles. The van der Waals surface area contributed by atoms with Crippen LogP contribution in [0.3, 0.4) is 0 Å². The highest BCUT2D eigenvalue weighted by Gasteiger charge is 2.34. The first kappa shape index (κ1) is 15.3. The van der Waals surface area contributed by atoms with Gasteiger partial charge in [0.05, 0.1) is 0 Å². The van der Waals surface area contributed by atoms with Gasteiger partial charge in [0.2, 0.25) is 0 Å². The minimum Gasteiger partial charge on any atom is -0.321 e. The third kappa shape index (κ3) is 3.43. The second-order valence-corrected chi connectivity index (χ2v) is 6.74. The molecule has 2 heterocycles. The maximum atomic E-state index is 12.3. The molecule has 120 valence electrons. The molecule has 0 aromatic heterocycles. The van der Waals surface area contributed by atoms with Gasteiger partial charge < -0.3 is 10.2 Å². The molecule has 2 aliphatic heterocycles. The molecule has 0 unspecified atom stereocenters. The van der Waals surface area contributed by atoms with E-state index in [0.29, 0.717) is 6.04 Å². The average molecular weight is 301 g/mol. The molecule has 0 bridgehead atoms. The molecular formula is C18H27N3O.